The van der Waals surface area contributed by atoms with Gasteiger partial charge in [0.05, 0.1) is 10.6 Å². The van der Waals surface area contributed by atoms with Crippen LogP contribution in [0.25, 0.3) is 0 Å². The summed E-state index contributed by atoms with van der Waals surface area (Å²) in [6.45, 7) is 0. The Labute approximate surface area is 118 Å². The molecule has 102 valence electrons. The number of hydrogen-bond donors (Lipinski definition) is 1. The van der Waals surface area contributed by atoms with Crippen LogP contribution < -0.4 is 5.14 Å². The third-order valence-electron chi connectivity index (χ3n) is 2.63. The van der Waals surface area contributed by atoms with Gasteiger partial charge in [0.25, 0.3) is 0 Å². The second kappa shape index (κ2) is 6.30. The van der Waals surface area contributed by atoms with Crippen LogP contribution in [0.3, 0.4) is 0 Å². The van der Waals surface area contributed by atoms with Crippen molar-refractivity contribution in [1.29, 1.82) is 0 Å². The summed E-state index contributed by atoms with van der Waals surface area (Å²) in [4.78, 5) is 4.18. The van der Waals surface area contributed by atoms with Gasteiger partial charge in [-0.25, -0.2) is 18.5 Å². The smallest absolute Gasteiger partial charge is 0.225 e. The molecule has 0 aliphatic carbocycles. The van der Waals surface area contributed by atoms with E-state index in [4.69, 9.17) is 5.14 Å². The largest absolute Gasteiger partial charge is 0.238 e. The topological polar surface area (TPSA) is 72.5 Å². The highest BCUT2D eigenvalue weighted by Gasteiger charge is 2.05. The summed E-state index contributed by atoms with van der Waals surface area (Å²) in [6.07, 6.45) is 2.57. The first kappa shape index (κ1) is 14.2. The molecule has 2 aromatic carbocycles. The third kappa shape index (κ3) is 4.17. The highest BCUT2D eigenvalue weighted by molar-refractivity contribution is 7.89. The first-order chi connectivity index (χ1) is 9.55. The Morgan fingerprint density at radius 1 is 1.05 bits per heavy atom. The Morgan fingerprint density at radius 2 is 1.70 bits per heavy atom. The second-order valence-electron chi connectivity index (χ2n) is 4.17. The molecule has 0 atom stereocenters. The molecule has 4 nitrogen and oxygen atoms in total. The van der Waals surface area contributed by atoms with Gasteiger partial charge < -0.3 is 0 Å². The molecule has 0 aromatic heterocycles. The van der Waals surface area contributed by atoms with Gasteiger partial charge in [0, 0.05) is 0 Å². The molecule has 0 heterocycles. The van der Waals surface area contributed by atoms with E-state index < -0.39 is 10.0 Å². The van der Waals surface area contributed by atoms with Gasteiger partial charge >= 0.3 is 0 Å². The lowest BCUT2D eigenvalue weighted by Gasteiger charge is -1.97. The number of primary sulfonamides is 1. The number of aliphatic imine (C=N–C) groups is 1. The van der Waals surface area contributed by atoms with Crippen LogP contribution in [0, 0.1) is 0 Å². The summed E-state index contributed by atoms with van der Waals surface area (Å²) in [5, 5.41) is 5.01. The molecule has 0 saturated heterocycles. The Morgan fingerprint density at radius 3 is 2.30 bits per heavy atom. The quantitative estimate of drug-likeness (QED) is 0.877. The number of rotatable bonds is 4. The maximum atomic E-state index is 11.1. The lowest BCUT2D eigenvalue weighted by atomic mass is 10.2. The van der Waals surface area contributed by atoms with E-state index in [1.807, 2.05) is 36.4 Å². The fourth-order valence-electron chi connectivity index (χ4n) is 1.61. The second-order valence-corrected chi connectivity index (χ2v) is 5.74. The molecule has 0 unspecified atom stereocenters. The molecule has 0 bridgehead atoms. The molecule has 2 rings (SSSR count). The van der Waals surface area contributed by atoms with Crippen molar-refractivity contribution in [3.63, 3.8) is 0 Å². The SMILES string of the molecule is NS(=O)(=O)c1ccc(N=C=CCc2ccccc2)cc1. The average molecular weight is 286 g/mol. The molecule has 2 N–H and O–H groups in total. The van der Waals surface area contributed by atoms with Crippen molar-refractivity contribution in [3.05, 3.63) is 66.2 Å². The fourth-order valence-corrected chi connectivity index (χ4v) is 2.12. The number of allylic oxidation sites excluding steroid dienone is 1. The first-order valence-corrected chi connectivity index (χ1v) is 7.55. The lowest BCUT2D eigenvalue weighted by molar-refractivity contribution is 0.598. The standard InChI is InChI=1S/C15H14N2O2S/c16-20(18,19)15-10-8-14(9-11-15)17-12-4-7-13-5-2-1-3-6-13/h1-6,8-11H,7H2,(H2,16,18,19). The monoisotopic (exact) mass is 286 g/mol. The molecular weight excluding hydrogens is 272 g/mol. The van der Waals surface area contributed by atoms with Crippen molar-refractivity contribution < 1.29 is 8.42 Å². The fraction of sp³-hybridized carbons (Fsp3) is 0.0667. The molecule has 20 heavy (non-hydrogen) atoms. The number of nitrogens with zero attached hydrogens (tertiary/aromatic N) is 1. The van der Waals surface area contributed by atoms with Crippen LogP contribution in [0.4, 0.5) is 5.69 Å². The lowest BCUT2D eigenvalue weighted by Crippen LogP contribution is -2.11. The van der Waals surface area contributed by atoms with Gasteiger partial charge in [-0.15, -0.1) is 0 Å². The van der Waals surface area contributed by atoms with E-state index in [0.29, 0.717) is 5.69 Å². The predicted molar refractivity (Wildman–Crippen MR) is 79.6 cm³/mol. The number of nitrogens with two attached hydrogens (primary N) is 1. The molecule has 0 aliphatic rings. The normalized spacial score (nSPS) is 10.7. The Hall–Kier alpha value is -2.20. The minimum Gasteiger partial charge on any atom is -0.225 e. The van der Waals surface area contributed by atoms with Gasteiger partial charge in [-0.3, -0.25) is 0 Å². The van der Waals surface area contributed by atoms with Gasteiger partial charge in [-0.2, -0.15) is 0 Å². The highest BCUT2D eigenvalue weighted by atomic mass is 32.2. The van der Waals surface area contributed by atoms with Crippen LogP contribution in [0.5, 0.6) is 0 Å². The van der Waals surface area contributed by atoms with Gasteiger partial charge in [-0.05, 0) is 48.2 Å². The van der Waals surface area contributed by atoms with Crippen molar-refractivity contribution in [3.8, 4) is 0 Å². The van der Waals surface area contributed by atoms with Crippen molar-refractivity contribution in [1.82, 2.24) is 0 Å². The molecule has 0 aliphatic heterocycles. The molecule has 0 spiro atoms. The van der Waals surface area contributed by atoms with E-state index in [9.17, 15) is 8.42 Å². The first-order valence-electron chi connectivity index (χ1n) is 6.00. The van der Waals surface area contributed by atoms with Crippen LogP contribution in [0.2, 0.25) is 0 Å². The third-order valence-corrected chi connectivity index (χ3v) is 3.56. The van der Waals surface area contributed by atoms with Crippen molar-refractivity contribution >= 4 is 21.6 Å². The van der Waals surface area contributed by atoms with Gasteiger partial charge in [-0.1, -0.05) is 30.3 Å². The summed E-state index contributed by atoms with van der Waals surface area (Å²) in [7, 11) is -3.65. The highest BCUT2D eigenvalue weighted by Crippen LogP contribution is 2.14. The maximum Gasteiger partial charge on any atom is 0.238 e. The van der Waals surface area contributed by atoms with E-state index in [1.54, 1.807) is 12.1 Å². The summed E-state index contributed by atoms with van der Waals surface area (Å²) >= 11 is 0. The van der Waals surface area contributed by atoms with Crippen LogP contribution >= 0.6 is 0 Å². The van der Waals surface area contributed by atoms with Crippen LogP contribution in [-0.2, 0) is 16.4 Å². The Balaban J connectivity index is 2.05. The maximum absolute atomic E-state index is 11.1. The molecular formula is C15H14N2O2S. The van der Waals surface area contributed by atoms with Gasteiger partial charge in [0.1, 0.15) is 0 Å². The summed E-state index contributed by atoms with van der Waals surface area (Å²) < 4.78 is 22.2. The summed E-state index contributed by atoms with van der Waals surface area (Å²) in [5.41, 5.74) is 1.81. The number of benzene rings is 2. The minimum atomic E-state index is -3.65. The molecule has 2 aromatic rings. The van der Waals surface area contributed by atoms with E-state index >= 15 is 0 Å². The predicted octanol–water partition coefficient (Wildman–Crippen LogP) is 2.43. The minimum absolute atomic E-state index is 0.0738. The van der Waals surface area contributed by atoms with Crippen LogP contribution in [0.1, 0.15) is 5.56 Å². The molecule has 0 amide bonds. The van der Waals surface area contributed by atoms with E-state index in [2.05, 4.69) is 10.9 Å². The van der Waals surface area contributed by atoms with Crippen molar-refractivity contribution in [2.75, 3.05) is 0 Å². The zero-order chi connectivity index (χ0) is 14.4. The average Bonchev–Trinajstić information content (AvgIpc) is 2.44. The molecule has 0 radical (unpaired) electrons. The van der Waals surface area contributed by atoms with Gasteiger partial charge in [0.15, 0.2) is 0 Å². The van der Waals surface area contributed by atoms with Gasteiger partial charge in [0.2, 0.25) is 10.0 Å². The summed E-state index contributed by atoms with van der Waals surface area (Å²) in [6, 6.07) is 16.0. The Bertz CT molecular complexity index is 729. The van der Waals surface area contributed by atoms with E-state index in [1.165, 1.54) is 17.7 Å². The number of sulfonamides is 1. The Kier molecular flexibility index (Phi) is 4.48. The number of hydrogen-bond acceptors (Lipinski definition) is 3. The molecule has 0 saturated carbocycles. The van der Waals surface area contributed by atoms with Crippen LogP contribution in [-0.4, -0.2) is 14.3 Å². The van der Waals surface area contributed by atoms with Crippen molar-refractivity contribution in [2.24, 2.45) is 10.1 Å². The zero-order valence-electron chi connectivity index (χ0n) is 10.7. The summed E-state index contributed by atoms with van der Waals surface area (Å²) in [5.74, 6) is 2.83. The zero-order valence-corrected chi connectivity index (χ0v) is 11.5. The van der Waals surface area contributed by atoms with Crippen molar-refractivity contribution in [2.45, 2.75) is 11.3 Å². The molecule has 0 fully saturated rings. The van der Waals surface area contributed by atoms with E-state index in [0.717, 1.165) is 6.42 Å². The van der Waals surface area contributed by atoms with Crippen LogP contribution in [0.15, 0.2) is 70.6 Å². The van der Waals surface area contributed by atoms with E-state index in [-0.39, 0.29) is 4.90 Å². The molecule has 5 heteroatoms.